The van der Waals surface area contributed by atoms with Gasteiger partial charge in [-0.2, -0.15) is 0 Å². The number of halogens is 1. The van der Waals surface area contributed by atoms with E-state index in [0.29, 0.717) is 0 Å². The van der Waals surface area contributed by atoms with Gasteiger partial charge in [-0.05, 0) is 72.5 Å². The molecule has 22 heavy (non-hydrogen) atoms. The van der Waals surface area contributed by atoms with Gasteiger partial charge in [0.25, 0.3) is 0 Å². The summed E-state index contributed by atoms with van der Waals surface area (Å²) in [6, 6.07) is 4.23. The van der Waals surface area contributed by atoms with Crippen molar-refractivity contribution in [3.63, 3.8) is 0 Å². The van der Waals surface area contributed by atoms with Crippen LogP contribution in [0.25, 0.3) is 10.9 Å². The number of amidine groups is 1. The number of aliphatic imine (C=N–C) groups is 1. The molecule has 0 unspecified atom stereocenters. The van der Waals surface area contributed by atoms with Crippen LogP contribution in [-0.2, 0) is 0 Å². The van der Waals surface area contributed by atoms with E-state index >= 15 is 0 Å². The first-order chi connectivity index (χ1) is 10.7. The van der Waals surface area contributed by atoms with E-state index < -0.39 is 0 Å². The maximum absolute atomic E-state index is 4.64. The number of allylic oxidation sites excluding steroid dienone is 1. The molecule has 1 N–H and O–H groups in total. The molecular weight excluding hydrogens is 387 g/mol. The average Bonchev–Trinajstić information content (AvgIpc) is 2.63. The van der Waals surface area contributed by atoms with Crippen LogP contribution in [0, 0.1) is 10.5 Å². The number of hydrogen-bond acceptors (Lipinski definition) is 4. The van der Waals surface area contributed by atoms with Crippen LogP contribution in [0.4, 0.5) is 5.82 Å². The van der Waals surface area contributed by atoms with Crippen molar-refractivity contribution in [3.05, 3.63) is 39.7 Å². The molecule has 2 heterocycles. The van der Waals surface area contributed by atoms with Crippen LogP contribution in [-0.4, -0.2) is 22.3 Å². The monoisotopic (exact) mass is 406 g/mol. The van der Waals surface area contributed by atoms with Gasteiger partial charge in [-0.3, -0.25) is 4.99 Å². The highest BCUT2D eigenvalue weighted by Crippen LogP contribution is 2.24. The maximum Gasteiger partial charge on any atom is 0.142 e. The molecule has 2 aromatic rings. The molecule has 1 aliphatic rings. The third kappa shape index (κ3) is 3.63. The summed E-state index contributed by atoms with van der Waals surface area (Å²) in [5.41, 5.74) is 2.19. The Morgan fingerprint density at radius 1 is 1.14 bits per heavy atom. The molecule has 0 radical (unpaired) electrons. The van der Waals surface area contributed by atoms with Crippen LogP contribution in [0.5, 0.6) is 0 Å². The number of anilines is 1. The Morgan fingerprint density at radius 3 is 2.95 bits per heavy atom. The number of rotatable bonds is 1. The highest BCUT2D eigenvalue weighted by molar-refractivity contribution is 14.1. The van der Waals surface area contributed by atoms with E-state index in [4.69, 9.17) is 0 Å². The van der Waals surface area contributed by atoms with Crippen molar-refractivity contribution in [2.24, 2.45) is 4.99 Å². The molecule has 0 saturated carbocycles. The average molecular weight is 406 g/mol. The van der Waals surface area contributed by atoms with Gasteiger partial charge in [0.2, 0.25) is 0 Å². The highest BCUT2D eigenvalue weighted by Gasteiger charge is 2.08. The summed E-state index contributed by atoms with van der Waals surface area (Å²) in [5, 5.41) is 4.41. The van der Waals surface area contributed by atoms with Crippen molar-refractivity contribution in [1.29, 1.82) is 0 Å². The Balaban J connectivity index is 1.95. The summed E-state index contributed by atoms with van der Waals surface area (Å²) in [7, 11) is 0. The predicted octanol–water partition coefficient (Wildman–Crippen LogP) is 4.48. The van der Waals surface area contributed by atoms with Crippen LogP contribution in [0.2, 0.25) is 0 Å². The van der Waals surface area contributed by atoms with Crippen LogP contribution in [0.15, 0.2) is 35.6 Å². The lowest BCUT2D eigenvalue weighted by molar-refractivity contribution is 0.699. The fourth-order valence-electron chi connectivity index (χ4n) is 2.48. The number of aryl methyl sites for hydroxylation is 1. The van der Waals surface area contributed by atoms with Gasteiger partial charge in [0.15, 0.2) is 0 Å². The van der Waals surface area contributed by atoms with Gasteiger partial charge in [-0.1, -0.05) is 12.5 Å². The van der Waals surface area contributed by atoms with Crippen molar-refractivity contribution in [1.82, 2.24) is 9.97 Å². The normalized spacial score (nSPS) is 15.8. The van der Waals surface area contributed by atoms with Crippen molar-refractivity contribution in [2.75, 3.05) is 11.9 Å². The Bertz CT molecular complexity index is 737. The van der Waals surface area contributed by atoms with Gasteiger partial charge < -0.3 is 5.32 Å². The lowest BCUT2D eigenvalue weighted by Crippen LogP contribution is -2.11. The van der Waals surface area contributed by atoms with Crippen LogP contribution in [0.3, 0.4) is 0 Å². The summed E-state index contributed by atoms with van der Waals surface area (Å²) in [4.78, 5) is 13.4. The second-order valence-electron chi connectivity index (χ2n) is 5.48. The fraction of sp³-hybridized carbons (Fsp3) is 0.353. The second kappa shape index (κ2) is 7.17. The third-order valence-corrected chi connectivity index (χ3v) is 4.91. The van der Waals surface area contributed by atoms with E-state index in [2.05, 4.69) is 74.1 Å². The molecule has 1 aliphatic heterocycles. The van der Waals surface area contributed by atoms with Crippen LogP contribution in [0.1, 0.15) is 31.2 Å². The minimum absolute atomic E-state index is 0.825. The van der Waals surface area contributed by atoms with E-state index in [1.54, 1.807) is 6.33 Å². The van der Waals surface area contributed by atoms with E-state index in [1.165, 1.54) is 22.0 Å². The first kappa shape index (κ1) is 15.4. The van der Waals surface area contributed by atoms with Gasteiger partial charge in [-0.15, -0.1) is 0 Å². The van der Waals surface area contributed by atoms with Gasteiger partial charge in [0.1, 0.15) is 18.0 Å². The molecule has 0 aliphatic carbocycles. The molecule has 0 bridgehead atoms. The fourth-order valence-corrected chi connectivity index (χ4v) is 2.95. The number of hydrogen-bond donors (Lipinski definition) is 1. The summed E-state index contributed by atoms with van der Waals surface area (Å²) in [5.74, 6) is 1.71. The van der Waals surface area contributed by atoms with Crippen LogP contribution >= 0.6 is 22.6 Å². The first-order valence-electron chi connectivity index (χ1n) is 7.63. The lowest BCUT2D eigenvalue weighted by Gasteiger charge is -2.10. The maximum atomic E-state index is 4.64. The van der Waals surface area contributed by atoms with E-state index in [1.807, 2.05) is 0 Å². The van der Waals surface area contributed by atoms with Gasteiger partial charge in [-0.25, -0.2) is 9.97 Å². The number of nitrogens with one attached hydrogen (secondary N) is 1. The standard InChI is InChI=1S/C17H19IN4/c1-12-9-15-13(10-14(12)18)17(21-11-20-15)22-16-7-5-3-2-4-6-8-19-16/h5,7,9-11H,2-4,6,8H2,1H3,(H,19,20,21,22). The number of nitrogens with zero attached hydrogens (tertiary/aromatic N) is 3. The molecule has 0 atom stereocenters. The zero-order chi connectivity index (χ0) is 15.4. The SMILES string of the molecule is Cc1cc2ncnc(NC3=NCCCCCC=C3)c2cc1I. The summed E-state index contributed by atoms with van der Waals surface area (Å²) < 4.78 is 1.22. The minimum Gasteiger partial charge on any atom is -0.325 e. The number of aromatic nitrogens is 2. The van der Waals surface area contributed by atoms with Crippen molar-refractivity contribution >= 4 is 45.1 Å². The third-order valence-electron chi connectivity index (χ3n) is 3.75. The predicted molar refractivity (Wildman–Crippen MR) is 101 cm³/mol. The summed E-state index contributed by atoms with van der Waals surface area (Å²) in [6.07, 6.45) is 10.6. The number of benzene rings is 1. The van der Waals surface area contributed by atoms with Gasteiger partial charge in [0, 0.05) is 15.5 Å². The van der Waals surface area contributed by atoms with Crippen LogP contribution < -0.4 is 5.32 Å². The van der Waals surface area contributed by atoms with Crippen molar-refractivity contribution in [2.45, 2.75) is 32.6 Å². The largest absolute Gasteiger partial charge is 0.325 e. The second-order valence-corrected chi connectivity index (χ2v) is 6.65. The quantitative estimate of drug-likeness (QED) is 0.711. The van der Waals surface area contributed by atoms with E-state index in [0.717, 1.165) is 41.9 Å². The molecule has 0 spiro atoms. The van der Waals surface area contributed by atoms with E-state index in [-0.39, 0.29) is 0 Å². The lowest BCUT2D eigenvalue weighted by atomic mass is 10.1. The Labute approximate surface area is 144 Å². The smallest absolute Gasteiger partial charge is 0.142 e. The zero-order valence-electron chi connectivity index (χ0n) is 12.6. The molecular formula is C17H19IN4. The molecule has 0 fully saturated rings. The first-order valence-corrected chi connectivity index (χ1v) is 8.71. The Hall–Kier alpha value is -1.50. The molecule has 3 rings (SSSR count). The molecule has 1 aromatic heterocycles. The molecule has 0 amide bonds. The van der Waals surface area contributed by atoms with Crippen molar-refractivity contribution in [3.8, 4) is 0 Å². The summed E-state index contributed by atoms with van der Waals surface area (Å²) in [6.45, 7) is 2.97. The van der Waals surface area contributed by atoms with Gasteiger partial charge in [0.05, 0.1) is 5.52 Å². The molecule has 5 heteroatoms. The number of fused-ring (bicyclic) bond motifs is 1. The molecule has 1 aromatic carbocycles. The Kier molecular flexibility index (Phi) is 5.02. The van der Waals surface area contributed by atoms with Crippen molar-refractivity contribution < 1.29 is 0 Å². The topological polar surface area (TPSA) is 50.2 Å². The zero-order valence-corrected chi connectivity index (χ0v) is 14.8. The molecule has 114 valence electrons. The minimum atomic E-state index is 0.825. The summed E-state index contributed by atoms with van der Waals surface area (Å²) >= 11 is 2.35. The Morgan fingerprint density at radius 2 is 2.05 bits per heavy atom. The molecule has 0 saturated heterocycles. The van der Waals surface area contributed by atoms with Gasteiger partial charge >= 0.3 is 0 Å². The van der Waals surface area contributed by atoms with E-state index in [9.17, 15) is 0 Å². The highest BCUT2D eigenvalue weighted by atomic mass is 127. The molecule has 4 nitrogen and oxygen atoms in total.